The Bertz CT molecular complexity index is 1650. The summed E-state index contributed by atoms with van der Waals surface area (Å²) in [6.07, 6.45) is 1.84. The van der Waals surface area contributed by atoms with Crippen LogP contribution < -0.4 is 0 Å². The number of hydrogen-bond donors (Lipinski definition) is 0. The highest BCUT2D eigenvalue weighted by molar-refractivity contribution is 7.15. The number of rotatable bonds is 5. The number of fused-ring (bicyclic) bond motifs is 2. The maximum atomic E-state index is 2.99. The quantitative estimate of drug-likeness (QED) is 0.196. The van der Waals surface area contributed by atoms with E-state index in [1.54, 1.807) is 0 Å². The van der Waals surface area contributed by atoms with Crippen molar-refractivity contribution in [1.82, 2.24) is 0 Å². The summed E-state index contributed by atoms with van der Waals surface area (Å²) < 4.78 is 0. The van der Waals surface area contributed by atoms with Crippen LogP contribution in [0.4, 0.5) is 0 Å². The lowest BCUT2D eigenvalue weighted by Gasteiger charge is -2.22. The van der Waals surface area contributed by atoms with Crippen LogP contribution in [-0.4, -0.2) is 0 Å². The zero-order valence-electron chi connectivity index (χ0n) is 22.0. The second kappa shape index (κ2) is 10.5. The molecule has 0 aliphatic carbocycles. The third kappa shape index (κ3) is 4.37. The lowest BCUT2D eigenvalue weighted by Crippen LogP contribution is -1.99. The Balaban J connectivity index is 1.67. The maximum absolute atomic E-state index is 2.99. The van der Waals surface area contributed by atoms with E-state index in [1.807, 2.05) is 0 Å². The predicted molar refractivity (Wildman–Crippen MR) is 174 cm³/mol. The van der Waals surface area contributed by atoms with Gasteiger partial charge in [-0.1, -0.05) is 97.1 Å². The highest BCUT2D eigenvalue weighted by atomic mass is 31.0. The minimum Gasteiger partial charge on any atom is -0.133 e. The second-order valence-corrected chi connectivity index (χ2v) is 10.9. The van der Waals surface area contributed by atoms with Crippen LogP contribution in [0.25, 0.3) is 54.9 Å². The summed E-state index contributed by atoms with van der Waals surface area (Å²) in [6.45, 7) is 4.53. The molecule has 0 spiro atoms. The summed E-state index contributed by atoms with van der Waals surface area (Å²) in [5, 5.41) is 5.25. The average Bonchev–Trinajstić information content (AvgIpc) is 2.96. The highest BCUT2D eigenvalue weighted by Gasteiger charge is 2.20. The van der Waals surface area contributed by atoms with Crippen LogP contribution in [0.5, 0.6) is 0 Å². The molecule has 0 aromatic heterocycles. The van der Waals surface area contributed by atoms with Gasteiger partial charge in [-0.15, -0.1) is 18.5 Å². The first-order valence-electron chi connectivity index (χ1n) is 13.2. The summed E-state index contributed by atoms with van der Waals surface area (Å²) in [5.41, 5.74) is 13.3. The van der Waals surface area contributed by atoms with Crippen LogP contribution in [0.15, 0.2) is 109 Å². The van der Waals surface area contributed by atoms with E-state index in [-0.39, 0.29) is 0 Å². The minimum atomic E-state index is 0.922. The van der Waals surface area contributed by atoms with Crippen molar-refractivity contribution in [3.63, 3.8) is 0 Å². The van der Waals surface area contributed by atoms with Crippen molar-refractivity contribution in [3.8, 4) is 33.4 Å². The van der Waals surface area contributed by atoms with Gasteiger partial charge in [-0.25, -0.2) is 0 Å². The van der Waals surface area contributed by atoms with E-state index < -0.39 is 0 Å². The molecule has 2 atom stereocenters. The lowest BCUT2D eigenvalue weighted by atomic mass is 9.83. The zero-order chi connectivity index (χ0) is 26.2. The van der Waals surface area contributed by atoms with E-state index in [2.05, 4.69) is 142 Å². The molecule has 6 aromatic carbocycles. The van der Waals surface area contributed by atoms with E-state index in [4.69, 9.17) is 0 Å². The molecule has 0 aliphatic rings. The summed E-state index contributed by atoms with van der Waals surface area (Å²) in [5.74, 6) is 0. The molecule has 2 heteroatoms. The lowest BCUT2D eigenvalue weighted by molar-refractivity contribution is 1.30. The fourth-order valence-corrected chi connectivity index (χ4v) is 6.95. The first kappa shape index (κ1) is 25.0. The van der Waals surface area contributed by atoms with Crippen LogP contribution in [-0.2, 0) is 12.3 Å². The number of hydrogen-bond acceptors (Lipinski definition) is 0. The summed E-state index contributed by atoms with van der Waals surface area (Å²) in [6, 6.07) is 40.1. The Morgan fingerprint density at radius 1 is 0.447 bits per heavy atom. The van der Waals surface area contributed by atoms with Gasteiger partial charge in [0.1, 0.15) is 0 Å². The normalized spacial score (nSPS) is 11.4. The van der Waals surface area contributed by atoms with Gasteiger partial charge in [0, 0.05) is 0 Å². The van der Waals surface area contributed by atoms with E-state index in [0.717, 1.165) is 12.3 Å². The molecular weight excluding hydrogens is 494 g/mol. The largest absolute Gasteiger partial charge is 0.133 e. The molecule has 0 saturated carbocycles. The monoisotopic (exact) mass is 526 g/mol. The molecule has 0 saturated heterocycles. The standard InChI is InChI=1S/C36H32P2/c1-23-17-29-19-27(25-9-5-3-6-10-25)13-15-31(29)35(33(23)21-37)36-32-16-14-28(26-11-7-4-8-12-26)20-30(32)18-24(2)34(36)22-38/h3-20H,21-22,37-38H2,1-2H3. The first-order valence-corrected chi connectivity index (χ1v) is 14.9. The van der Waals surface area contributed by atoms with Crippen molar-refractivity contribution in [1.29, 1.82) is 0 Å². The van der Waals surface area contributed by atoms with Crippen LogP contribution in [0.3, 0.4) is 0 Å². The Hall–Kier alpha value is -3.30. The topological polar surface area (TPSA) is 0 Å². The molecule has 6 rings (SSSR count). The zero-order valence-corrected chi connectivity index (χ0v) is 24.3. The Morgan fingerprint density at radius 2 is 0.842 bits per heavy atom. The van der Waals surface area contributed by atoms with Crippen LogP contribution in [0.2, 0.25) is 0 Å². The fourth-order valence-electron chi connectivity index (χ4n) is 5.90. The summed E-state index contributed by atoms with van der Waals surface area (Å²) >= 11 is 0. The third-order valence-electron chi connectivity index (χ3n) is 7.81. The Morgan fingerprint density at radius 3 is 1.21 bits per heavy atom. The van der Waals surface area contributed by atoms with Crippen molar-refractivity contribution in [2.75, 3.05) is 0 Å². The predicted octanol–water partition coefficient (Wildman–Crippen LogP) is 10.4. The van der Waals surface area contributed by atoms with Crippen LogP contribution in [0, 0.1) is 13.8 Å². The van der Waals surface area contributed by atoms with Gasteiger partial charge in [-0.2, -0.15) is 0 Å². The van der Waals surface area contributed by atoms with Crippen molar-refractivity contribution >= 4 is 40.0 Å². The molecule has 0 N–H and O–H groups in total. The van der Waals surface area contributed by atoms with E-state index in [9.17, 15) is 0 Å². The van der Waals surface area contributed by atoms with Gasteiger partial charge in [-0.05, 0) is 115 Å². The Kier molecular flexibility index (Phi) is 6.88. The van der Waals surface area contributed by atoms with Gasteiger partial charge in [0.2, 0.25) is 0 Å². The van der Waals surface area contributed by atoms with E-state index in [0.29, 0.717) is 0 Å². The molecule has 6 aromatic rings. The molecule has 0 bridgehead atoms. The molecule has 0 nitrogen and oxygen atoms in total. The molecule has 38 heavy (non-hydrogen) atoms. The molecule has 0 radical (unpaired) electrons. The molecule has 0 fully saturated rings. The molecule has 0 aliphatic heterocycles. The fraction of sp³-hybridized carbons (Fsp3) is 0.111. The van der Waals surface area contributed by atoms with Crippen LogP contribution in [0.1, 0.15) is 22.3 Å². The van der Waals surface area contributed by atoms with E-state index >= 15 is 0 Å². The third-order valence-corrected chi connectivity index (χ3v) is 8.63. The summed E-state index contributed by atoms with van der Waals surface area (Å²) in [7, 11) is 5.98. The van der Waals surface area contributed by atoms with Gasteiger partial charge in [0.15, 0.2) is 0 Å². The Labute approximate surface area is 230 Å². The molecule has 2 unspecified atom stereocenters. The van der Waals surface area contributed by atoms with Gasteiger partial charge in [-0.3, -0.25) is 0 Å². The maximum Gasteiger partial charge on any atom is -0.00580 e. The summed E-state index contributed by atoms with van der Waals surface area (Å²) in [4.78, 5) is 0. The van der Waals surface area contributed by atoms with Crippen molar-refractivity contribution < 1.29 is 0 Å². The van der Waals surface area contributed by atoms with Crippen LogP contribution >= 0.6 is 18.5 Å². The average molecular weight is 527 g/mol. The number of benzene rings is 6. The van der Waals surface area contributed by atoms with Gasteiger partial charge < -0.3 is 0 Å². The SMILES string of the molecule is Cc1cc2cc(-c3ccccc3)ccc2c(-c2c(CP)c(C)cc3cc(-c4ccccc4)ccc23)c1CP. The van der Waals surface area contributed by atoms with Gasteiger partial charge >= 0.3 is 0 Å². The highest BCUT2D eigenvalue weighted by Crippen LogP contribution is 2.44. The number of aryl methyl sites for hydroxylation is 2. The molecule has 186 valence electrons. The molecule has 0 heterocycles. The van der Waals surface area contributed by atoms with Crippen molar-refractivity contribution in [2.24, 2.45) is 0 Å². The van der Waals surface area contributed by atoms with E-state index in [1.165, 1.54) is 77.2 Å². The second-order valence-electron chi connectivity index (χ2n) is 10.1. The molecule has 0 amide bonds. The van der Waals surface area contributed by atoms with Gasteiger partial charge in [0.25, 0.3) is 0 Å². The van der Waals surface area contributed by atoms with Crippen molar-refractivity contribution in [3.05, 3.63) is 131 Å². The minimum absolute atomic E-state index is 0.922. The van der Waals surface area contributed by atoms with Crippen molar-refractivity contribution in [2.45, 2.75) is 26.2 Å². The molecular formula is C36H32P2. The smallest absolute Gasteiger partial charge is 0.00580 e. The first-order chi connectivity index (χ1) is 18.6. The van der Waals surface area contributed by atoms with Gasteiger partial charge in [0.05, 0.1) is 0 Å².